The van der Waals surface area contributed by atoms with E-state index in [2.05, 4.69) is 43.5 Å². The highest BCUT2D eigenvalue weighted by atomic mass is 127. The van der Waals surface area contributed by atoms with E-state index in [9.17, 15) is 0 Å². The first-order valence-corrected chi connectivity index (χ1v) is 6.15. The molecular formula is C7H2BrClINS. The summed E-state index contributed by atoms with van der Waals surface area (Å²) >= 11 is 13.4. The molecule has 1 nitrogen and oxygen atoms in total. The zero-order valence-electron chi connectivity index (χ0n) is 5.64. The van der Waals surface area contributed by atoms with Gasteiger partial charge < -0.3 is 0 Å². The maximum absolute atomic E-state index is 5.99. The molecule has 0 aliphatic rings. The van der Waals surface area contributed by atoms with E-state index < -0.39 is 0 Å². The molecule has 2 heterocycles. The number of rotatable bonds is 0. The van der Waals surface area contributed by atoms with Gasteiger partial charge in [-0.05, 0) is 44.6 Å². The summed E-state index contributed by atoms with van der Waals surface area (Å²) in [6.07, 6.45) is 1.72. The van der Waals surface area contributed by atoms with Crippen molar-refractivity contribution in [1.82, 2.24) is 4.98 Å². The van der Waals surface area contributed by atoms with Gasteiger partial charge in [0.05, 0.1) is 22.6 Å². The lowest BCUT2D eigenvalue weighted by Crippen LogP contribution is -1.72. The van der Waals surface area contributed by atoms with Crippen LogP contribution in [0.15, 0.2) is 16.7 Å². The molecule has 5 heteroatoms. The molecule has 62 valence electrons. The van der Waals surface area contributed by atoms with E-state index in [0.717, 1.165) is 19.7 Å². The molecule has 0 atom stereocenters. The maximum Gasteiger partial charge on any atom is 0.0978 e. The smallest absolute Gasteiger partial charge is 0.0978 e. The Hall–Kier alpha value is 0.610. The Balaban J connectivity index is 2.95. The Morgan fingerprint density at radius 3 is 3.00 bits per heavy atom. The quantitative estimate of drug-likeness (QED) is 0.626. The van der Waals surface area contributed by atoms with Crippen LogP contribution >= 0.6 is 61.5 Å². The molecule has 12 heavy (non-hydrogen) atoms. The molecule has 0 fully saturated rings. The van der Waals surface area contributed by atoms with Crippen LogP contribution in [0.2, 0.25) is 5.02 Å². The van der Waals surface area contributed by atoms with E-state index in [1.165, 1.54) is 2.88 Å². The molecule has 0 aliphatic heterocycles. The number of hydrogen-bond donors (Lipinski definition) is 0. The van der Waals surface area contributed by atoms with Crippen molar-refractivity contribution < 1.29 is 0 Å². The first-order valence-electron chi connectivity index (χ1n) is 3.08. The van der Waals surface area contributed by atoms with E-state index in [1.807, 2.05) is 6.07 Å². The van der Waals surface area contributed by atoms with Crippen LogP contribution in [0.1, 0.15) is 0 Å². The first-order chi connectivity index (χ1) is 5.70. The number of pyridine rings is 1. The molecule has 0 saturated heterocycles. The van der Waals surface area contributed by atoms with Crippen LogP contribution in [0.3, 0.4) is 0 Å². The Labute approximate surface area is 100 Å². The lowest BCUT2D eigenvalue weighted by molar-refractivity contribution is 1.42. The predicted octanol–water partition coefficient (Wildman–Crippen LogP) is 4.32. The number of aromatic nitrogens is 1. The highest BCUT2D eigenvalue weighted by Gasteiger charge is 2.10. The third kappa shape index (κ3) is 1.38. The molecule has 0 bridgehead atoms. The van der Waals surface area contributed by atoms with Gasteiger partial charge in [0.1, 0.15) is 0 Å². The van der Waals surface area contributed by atoms with Crippen LogP contribution in [0.4, 0.5) is 0 Å². The average molecular weight is 374 g/mol. The van der Waals surface area contributed by atoms with Crippen LogP contribution in [-0.2, 0) is 0 Å². The average Bonchev–Trinajstić information content (AvgIpc) is 2.32. The highest BCUT2D eigenvalue weighted by Crippen LogP contribution is 2.38. The standard InChI is InChI=1S/C7H2BrClINS/c8-4-5-6(12-7(4)10)3(9)1-2-11-5/h1-2H. The minimum atomic E-state index is 0.772. The summed E-state index contributed by atoms with van der Waals surface area (Å²) in [5.41, 5.74) is 0.955. The molecule has 2 aromatic rings. The molecule has 0 aromatic carbocycles. The van der Waals surface area contributed by atoms with Crippen molar-refractivity contribution >= 4 is 71.7 Å². The summed E-state index contributed by atoms with van der Waals surface area (Å²) < 4.78 is 3.28. The van der Waals surface area contributed by atoms with Gasteiger partial charge >= 0.3 is 0 Å². The molecule has 0 radical (unpaired) electrons. The van der Waals surface area contributed by atoms with Gasteiger partial charge in [0.2, 0.25) is 0 Å². The Kier molecular flexibility index (Phi) is 2.60. The van der Waals surface area contributed by atoms with Gasteiger partial charge in [-0.2, -0.15) is 0 Å². The van der Waals surface area contributed by atoms with Crippen molar-refractivity contribution in [2.75, 3.05) is 0 Å². The van der Waals surface area contributed by atoms with Crippen molar-refractivity contribution in [3.63, 3.8) is 0 Å². The van der Waals surface area contributed by atoms with Gasteiger partial charge in [-0.3, -0.25) is 4.98 Å². The lowest BCUT2D eigenvalue weighted by atomic mass is 10.4. The number of hydrogen-bond acceptors (Lipinski definition) is 2. The Bertz CT molecular complexity index is 442. The van der Waals surface area contributed by atoms with Crippen molar-refractivity contribution in [2.24, 2.45) is 0 Å². The van der Waals surface area contributed by atoms with Gasteiger partial charge in [-0.1, -0.05) is 11.6 Å². The molecular weight excluding hydrogens is 372 g/mol. The van der Waals surface area contributed by atoms with Crippen molar-refractivity contribution in [3.8, 4) is 0 Å². The van der Waals surface area contributed by atoms with Crippen LogP contribution in [-0.4, -0.2) is 4.98 Å². The van der Waals surface area contributed by atoms with Crippen molar-refractivity contribution in [2.45, 2.75) is 0 Å². The summed E-state index contributed by atoms with van der Waals surface area (Å²) in [7, 11) is 0. The zero-order valence-corrected chi connectivity index (χ0v) is 11.0. The molecule has 2 aromatic heterocycles. The van der Waals surface area contributed by atoms with Crippen LogP contribution in [0.25, 0.3) is 10.2 Å². The zero-order chi connectivity index (χ0) is 8.72. The normalized spacial score (nSPS) is 10.9. The molecule has 0 aliphatic carbocycles. The number of thiophene rings is 1. The van der Waals surface area contributed by atoms with Gasteiger partial charge in [0.15, 0.2) is 0 Å². The fraction of sp³-hybridized carbons (Fsp3) is 0. The van der Waals surface area contributed by atoms with Gasteiger partial charge in [0, 0.05) is 6.20 Å². The number of halogens is 3. The summed E-state index contributed by atoms with van der Waals surface area (Å²) in [6, 6.07) is 1.81. The van der Waals surface area contributed by atoms with Crippen LogP contribution in [0, 0.1) is 2.88 Å². The van der Waals surface area contributed by atoms with Gasteiger partial charge in [0.25, 0.3) is 0 Å². The van der Waals surface area contributed by atoms with E-state index in [-0.39, 0.29) is 0 Å². The third-order valence-electron chi connectivity index (χ3n) is 1.43. The van der Waals surface area contributed by atoms with Gasteiger partial charge in [-0.25, -0.2) is 0 Å². The molecule has 0 saturated carbocycles. The Morgan fingerprint density at radius 2 is 2.33 bits per heavy atom. The molecule has 0 spiro atoms. The molecule has 2 rings (SSSR count). The van der Waals surface area contributed by atoms with Crippen LogP contribution < -0.4 is 0 Å². The Morgan fingerprint density at radius 1 is 1.58 bits per heavy atom. The predicted molar refractivity (Wildman–Crippen MR) is 65.0 cm³/mol. The fourth-order valence-corrected chi connectivity index (χ4v) is 3.54. The van der Waals surface area contributed by atoms with E-state index in [4.69, 9.17) is 11.6 Å². The SMILES string of the molecule is Clc1ccnc2c(Br)c(I)sc12. The summed E-state index contributed by atoms with van der Waals surface area (Å²) in [5.74, 6) is 0. The van der Waals surface area contributed by atoms with Crippen LogP contribution in [0.5, 0.6) is 0 Å². The first kappa shape index (κ1) is 9.18. The summed E-state index contributed by atoms with van der Waals surface area (Å²) in [5, 5.41) is 0.772. The largest absolute Gasteiger partial charge is 0.254 e. The highest BCUT2D eigenvalue weighted by molar-refractivity contribution is 14.1. The molecule has 0 N–H and O–H groups in total. The van der Waals surface area contributed by atoms with E-state index >= 15 is 0 Å². The van der Waals surface area contributed by atoms with E-state index in [1.54, 1.807) is 17.5 Å². The van der Waals surface area contributed by atoms with Gasteiger partial charge in [-0.15, -0.1) is 11.3 Å². The fourth-order valence-electron chi connectivity index (χ4n) is 0.906. The second-order valence-corrected chi connectivity index (χ2v) is 6.19. The summed E-state index contributed by atoms with van der Waals surface area (Å²) in [6.45, 7) is 0. The second-order valence-electron chi connectivity index (χ2n) is 2.16. The number of nitrogens with zero attached hydrogens (tertiary/aromatic N) is 1. The maximum atomic E-state index is 5.99. The third-order valence-corrected chi connectivity index (χ3v) is 5.83. The second kappa shape index (κ2) is 3.40. The number of fused-ring (bicyclic) bond motifs is 1. The van der Waals surface area contributed by atoms with Crippen molar-refractivity contribution in [3.05, 3.63) is 24.6 Å². The van der Waals surface area contributed by atoms with Crippen molar-refractivity contribution in [1.29, 1.82) is 0 Å². The molecule has 0 amide bonds. The summed E-state index contributed by atoms with van der Waals surface area (Å²) in [4.78, 5) is 4.24. The minimum Gasteiger partial charge on any atom is -0.254 e. The molecule has 0 unspecified atom stereocenters. The lowest BCUT2D eigenvalue weighted by Gasteiger charge is -1.90. The minimum absolute atomic E-state index is 0.772. The monoisotopic (exact) mass is 373 g/mol. The topological polar surface area (TPSA) is 12.9 Å². The van der Waals surface area contributed by atoms with E-state index in [0.29, 0.717) is 0 Å².